The minimum absolute atomic E-state index is 0.117. The van der Waals surface area contributed by atoms with Crippen molar-refractivity contribution in [1.29, 1.82) is 0 Å². The first-order chi connectivity index (χ1) is 15.8. The predicted octanol–water partition coefficient (Wildman–Crippen LogP) is 4.35. The van der Waals surface area contributed by atoms with E-state index in [0.29, 0.717) is 12.1 Å². The minimum Gasteiger partial charge on any atom is -0.481 e. The average Bonchev–Trinajstić information content (AvgIpc) is 3.09. The Hall–Kier alpha value is -3.65. The molecule has 1 aliphatic rings. The summed E-state index contributed by atoms with van der Waals surface area (Å²) in [5.74, 6) is -8.32. The number of carboxylic acids is 1. The van der Waals surface area contributed by atoms with Crippen LogP contribution >= 0.6 is 0 Å². The van der Waals surface area contributed by atoms with Gasteiger partial charge in [0.05, 0.1) is 6.42 Å². The van der Waals surface area contributed by atoms with E-state index >= 15 is 0 Å². The lowest BCUT2D eigenvalue weighted by Gasteiger charge is -2.23. The highest BCUT2D eigenvalue weighted by molar-refractivity contribution is 5.82. The number of halogens is 3. The van der Waals surface area contributed by atoms with Crippen molar-refractivity contribution in [3.05, 3.63) is 94.8 Å². The molecular weight excluding hydrogens is 435 g/mol. The zero-order valence-corrected chi connectivity index (χ0v) is 17.3. The molecule has 0 aromatic heterocycles. The molecule has 0 radical (unpaired) electrons. The molecule has 3 aromatic carbocycles. The molecule has 0 saturated carbocycles. The predicted molar refractivity (Wildman–Crippen MR) is 114 cm³/mol. The van der Waals surface area contributed by atoms with Gasteiger partial charge in [0.1, 0.15) is 18.3 Å². The molecular formula is C25H20F3NO4. The Kier molecular flexibility index (Phi) is 6.20. The number of esters is 1. The average molecular weight is 455 g/mol. The largest absolute Gasteiger partial charge is 0.481 e. The van der Waals surface area contributed by atoms with Gasteiger partial charge in [0.25, 0.3) is 0 Å². The van der Waals surface area contributed by atoms with Crippen LogP contribution in [-0.4, -0.2) is 29.7 Å². The normalized spacial score (nSPS) is 14.3. The van der Waals surface area contributed by atoms with Gasteiger partial charge >= 0.3 is 11.9 Å². The van der Waals surface area contributed by atoms with Gasteiger partial charge < -0.3 is 15.6 Å². The number of hydrogen-bond donors (Lipinski definition) is 2. The standard InChI is InChI=1S/C25H20F3NO4/c26-19-10-21(28)20(27)9-17(19)24(22(29)11-23(30)31)25(32)33-12-18-15-7-3-1-5-13(15)14-6-2-4-8-16(14)18/h1-10,18,22,24H,11-12,29H2,(H,30,31)/t22-,24?/m0/s1. The molecule has 0 heterocycles. The van der Waals surface area contributed by atoms with Gasteiger partial charge in [-0.15, -0.1) is 0 Å². The minimum atomic E-state index is -1.64. The van der Waals surface area contributed by atoms with E-state index in [9.17, 15) is 22.8 Å². The van der Waals surface area contributed by atoms with Gasteiger partial charge in [-0.3, -0.25) is 9.59 Å². The SMILES string of the molecule is N[C@@H](CC(=O)O)C(C(=O)OCC1c2ccccc2-c2ccccc21)c1cc(F)c(F)cc1F. The number of carbonyl (C=O) groups excluding carboxylic acids is 1. The molecule has 0 saturated heterocycles. The molecule has 0 spiro atoms. The number of ether oxygens (including phenoxy) is 1. The lowest BCUT2D eigenvalue weighted by Crippen LogP contribution is -2.37. The van der Waals surface area contributed by atoms with E-state index in [-0.39, 0.29) is 12.5 Å². The summed E-state index contributed by atoms with van der Waals surface area (Å²) in [6.07, 6.45) is -0.701. The van der Waals surface area contributed by atoms with Gasteiger partial charge in [-0.25, -0.2) is 13.2 Å². The molecule has 0 bridgehead atoms. The first-order valence-corrected chi connectivity index (χ1v) is 10.2. The van der Waals surface area contributed by atoms with Crippen LogP contribution in [0, 0.1) is 17.5 Å². The Morgan fingerprint density at radius 1 is 0.909 bits per heavy atom. The summed E-state index contributed by atoms with van der Waals surface area (Å²) in [5, 5.41) is 9.09. The smallest absolute Gasteiger partial charge is 0.315 e. The summed E-state index contributed by atoms with van der Waals surface area (Å²) >= 11 is 0. The van der Waals surface area contributed by atoms with Gasteiger partial charge in [-0.2, -0.15) is 0 Å². The van der Waals surface area contributed by atoms with Crippen LogP contribution < -0.4 is 5.73 Å². The van der Waals surface area contributed by atoms with Crippen LogP contribution in [0.1, 0.15) is 34.9 Å². The molecule has 3 N–H and O–H groups in total. The number of hydrogen-bond acceptors (Lipinski definition) is 4. The van der Waals surface area contributed by atoms with Crippen molar-refractivity contribution in [2.45, 2.75) is 24.3 Å². The number of rotatable bonds is 7. The van der Waals surface area contributed by atoms with Crippen molar-refractivity contribution in [2.75, 3.05) is 6.61 Å². The Morgan fingerprint density at radius 2 is 1.45 bits per heavy atom. The fourth-order valence-electron chi connectivity index (χ4n) is 4.32. The highest BCUT2D eigenvalue weighted by Crippen LogP contribution is 2.44. The van der Waals surface area contributed by atoms with Crippen molar-refractivity contribution in [2.24, 2.45) is 5.73 Å². The van der Waals surface area contributed by atoms with Crippen LogP contribution in [0.4, 0.5) is 13.2 Å². The second-order valence-electron chi connectivity index (χ2n) is 7.88. The molecule has 0 amide bonds. The van der Waals surface area contributed by atoms with E-state index in [1.54, 1.807) is 0 Å². The first kappa shape index (κ1) is 22.5. The van der Waals surface area contributed by atoms with Gasteiger partial charge in [0.15, 0.2) is 11.6 Å². The quantitative estimate of drug-likeness (QED) is 0.409. The molecule has 1 aliphatic carbocycles. The third-order valence-corrected chi connectivity index (χ3v) is 5.82. The molecule has 0 aliphatic heterocycles. The summed E-state index contributed by atoms with van der Waals surface area (Å²) in [6.45, 7) is -0.117. The van der Waals surface area contributed by atoms with E-state index in [0.717, 1.165) is 22.3 Å². The Labute approximate surface area is 187 Å². The van der Waals surface area contributed by atoms with Crippen LogP contribution in [0.2, 0.25) is 0 Å². The van der Waals surface area contributed by atoms with Crippen LogP contribution in [0.5, 0.6) is 0 Å². The van der Waals surface area contributed by atoms with Crippen molar-refractivity contribution < 1.29 is 32.6 Å². The maximum atomic E-state index is 14.5. The highest BCUT2D eigenvalue weighted by Gasteiger charge is 2.35. The second kappa shape index (κ2) is 9.07. The molecule has 4 rings (SSSR count). The molecule has 170 valence electrons. The van der Waals surface area contributed by atoms with Crippen LogP contribution in [-0.2, 0) is 14.3 Å². The molecule has 33 heavy (non-hydrogen) atoms. The maximum absolute atomic E-state index is 14.5. The van der Waals surface area contributed by atoms with E-state index in [4.69, 9.17) is 15.6 Å². The molecule has 0 fully saturated rings. The van der Waals surface area contributed by atoms with Gasteiger partial charge in [0, 0.05) is 23.6 Å². The summed E-state index contributed by atoms with van der Waals surface area (Å²) in [7, 11) is 0. The van der Waals surface area contributed by atoms with Crippen molar-refractivity contribution >= 4 is 11.9 Å². The van der Waals surface area contributed by atoms with Gasteiger partial charge in [-0.1, -0.05) is 48.5 Å². The number of fused-ring (bicyclic) bond motifs is 3. The number of nitrogens with two attached hydrogens (primary N) is 1. The van der Waals surface area contributed by atoms with Gasteiger partial charge in [0.2, 0.25) is 0 Å². The molecule has 8 heteroatoms. The Morgan fingerprint density at radius 3 is 2.03 bits per heavy atom. The lowest BCUT2D eigenvalue weighted by atomic mass is 9.89. The Bertz CT molecular complexity index is 1180. The van der Waals surface area contributed by atoms with E-state index in [1.165, 1.54) is 0 Å². The first-order valence-electron chi connectivity index (χ1n) is 10.2. The summed E-state index contributed by atoms with van der Waals surface area (Å²) in [6, 6.07) is 14.7. The Balaban J connectivity index is 1.63. The number of carbonyl (C=O) groups is 2. The third-order valence-electron chi connectivity index (χ3n) is 5.82. The number of benzene rings is 3. The fourth-order valence-corrected chi connectivity index (χ4v) is 4.32. The molecule has 5 nitrogen and oxygen atoms in total. The summed E-state index contributed by atoms with van der Waals surface area (Å²) in [4.78, 5) is 24.2. The maximum Gasteiger partial charge on any atom is 0.315 e. The molecule has 3 aromatic rings. The van der Waals surface area contributed by atoms with Crippen LogP contribution in [0.25, 0.3) is 11.1 Å². The molecule has 1 unspecified atom stereocenters. The zero-order valence-electron chi connectivity index (χ0n) is 17.3. The van der Waals surface area contributed by atoms with E-state index < -0.39 is 53.3 Å². The van der Waals surface area contributed by atoms with E-state index in [1.807, 2.05) is 48.5 Å². The topological polar surface area (TPSA) is 89.6 Å². The van der Waals surface area contributed by atoms with Crippen LogP contribution in [0.3, 0.4) is 0 Å². The monoisotopic (exact) mass is 455 g/mol. The summed E-state index contributed by atoms with van der Waals surface area (Å²) < 4.78 is 47.2. The van der Waals surface area contributed by atoms with Crippen LogP contribution in [0.15, 0.2) is 60.7 Å². The molecule has 2 atom stereocenters. The van der Waals surface area contributed by atoms with Crippen molar-refractivity contribution in [3.63, 3.8) is 0 Å². The lowest BCUT2D eigenvalue weighted by molar-refractivity contribution is -0.147. The summed E-state index contributed by atoms with van der Waals surface area (Å²) in [5.41, 5.74) is 9.21. The van der Waals surface area contributed by atoms with E-state index in [2.05, 4.69) is 0 Å². The second-order valence-corrected chi connectivity index (χ2v) is 7.88. The van der Waals surface area contributed by atoms with Gasteiger partial charge in [-0.05, 0) is 28.3 Å². The zero-order chi connectivity index (χ0) is 23.7. The van der Waals surface area contributed by atoms with Crippen molar-refractivity contribution in [1.82, 2.24) is 0 Å². The number of aliphatic carboxylic acids is 1. The van der Waals surface area contributed by atoms with Crippen molar-refractivity contribution in [3.8, 4) is 11.1 Å². The third kappa shape index (κ3) is 4.34. The number of carboxylic acid groups (broad SMARTS) is 1. The highest BCUT2D eigenvalue weighted by atomic mass is 19.2. The fraction of sp³-hybridized carbons (Fsp3) is 0.200.